The van der Waals surface area contributed by atoms with E-state index < -0.39 is 0 Å². The molecule has 0 aromatic carbocycles. The molecule has 3 rings (SSSR count). The second-order valence-electron chi connectivity index (χ2n) is 5.00. The van der Waals surface area contributed by atoms with Crippen molar-refractivity contribution in [3.63, 3.8) is 0 Å². The lowest BCUT2D eigenvalue weighted by Gasteiger charge is -2.53. The van der Waals surface area contributed by atoms with E-state index in [2.05, 4.69) is 74.5 Å². The van der Waals surface area contributed by atoms with Gasteiger partial charge in [0.25, 0.3) is 0 Å². The van der Waals surface area contributed by atoms with Crippen molar-refractivity contribution in [2.75, 3.05) is 7.05 Å². The zero-order chi connectivity index (χ0) is 11.4. The van der Waals surface area contributed by atoms with Crippen LogP contribution in [-0.2, 0) is 0 Å². The van der Waals surface area contributed by atoms with Crippen LogP contribution in [0.5, 0.6) is 0 Å². The van der Waals surface area contributed by atoms with E-state index in [9.17, 15) is 0 Å². The van der Waals surface area contributed by atoms with Gasteiger partial charge in [-0.3, -0.25) is 0 Å². The highest BCUT2D eigenvalue weighted by Crippen LogP contribution is 2.61. The molecule has 16 heavy (non-hydrogen) atoms. The Labute approximate surface area is 97.1 Å². The van der Waals surface area contributed by atoms with E-state index in [0.717, 1.165) is 0 Å². The van der Waals surface area contributed by atoms with Crippen LogP contribution in [0.2, 0.25) is 0 Å². The largest absolute Gasteiger partial charge is 0.365 e. The molecule has 2 aliphatic carbocycles. The Kier molecular flexibility index (Phi) is 1.69. The third-order valence-corrected chi connectivity index (χ3v) is 4.16. The molecular weight excluding hydrogens is 194 g/mol. The molecule has 1 nitrogen and oxygen atoms in total. The van der Waals surface area contributed by atoms with Crippen LogP contribution >= 0.6 is 0 Å². The first-order valence-corrected chi connectivity index (χ1v) is 5.82. The van der Waals surface area contributed by atoms with Gasteiger partial charge in [0, 0.05) is 18.7 Å². The number of allylic oxidation sites excluding steroid dienone is 3. The summed E-state index contributed by atoms with van der Waals surface area (Å²) in [4.78, 5) is 2.34. The first-order valence-electron chi connectivity index (χ1n) is 5.82. The van der Waals surface area contributed by atoms with Crippen molar-refractivity contribution >= 4 is 0 Å². The van der Waals surface area contributed by atoms with Gasteiger partial charge in [0.05, 0.1) is 0 Å². The molecule has 1 heterocycles. The molecule has 1 aliphatic heterocycles. The van der Waals surface area contributed by atoms with Gasteiger partial charge in [0.15, 0.2) is 0 Å². The van der Waals surface area contributed by atoms with Crippen molar-refractivity contribution in [2.45, 2.75) is 19.4 Å². The quantitative estimate of drug-likeness (QED) is 0.643. The van der Waals surface area contributed by atoms with Crippen molar-refractivity contribution in [1.82, 2.24) is 4.90 Å². The third-order valence-electron chi connectivity index (χ3n) is 4.16. The summed E-state index contributed by atoms with van der Waals surface area (Å²) >= 11 is 0. The maximum atomic E-state index is 2.34. The van der Waals surface area contributed by atoms with Crippen LogP contribution in [0.4, 0.5) is 0 Å². The minimum Gasteiger partial charge on any atom is -0.365 e. The fraction of sp³-hybridized carbons (Fsp3) is 0.333. The van der Waals surface area contributed by atoms with E-state index in [0.29, 0.717) is 0 Å². The molecule has 0 bridgehead atoms. The monoisotopic (exact) mass is 211 g/mol. The average molecular weight is 211 g/mol. The fourth-order valence-electron chi connectivity index (χ4n) is 3.39. The Balaban J connectivity index is 2.16. The summed E-state index contributed by atoms with van der Waals surface area (Å²) in [5.41, 5.74) is 3.07. The summed E-state index contributed by atoms with van der Waals surface area (Å²) in [7, 11) is 2.17. The summed E-state index contributed by atoms with van der Waals surface area (Å²) in [5.74, 6) is 0. The van der Waals surface area contributed by atoms with Gasteiger partial charge in [0.1, 0.15) is 5.54 Å². The maximum Gasteiger partial charge on any atom is 0.104 e. The summed E-state index contributed by atoms with van der Waals surface area (Å²) in [5, 5.41) is 0. The SMILES string of the molecule is C/C=C/C=C1/C=CC2(C)C=CC3=CN(C)C312. The Morgan fingerprint density at radius 2 is 2.00 bits per heavy atom. The highest BCUT2D eigenvalue weighted by Gasteiger charge is 2.61. The summed E-state index contributed by atoms with van der Waals surface area (Å²) < 4.78 is 0. The predicted molar refractivity (Wildman–Crippen MR) is 67.9 cm³/mol. The van der Waals surface area contributed by atoms with Crippen molar-refractivity contribution in [3.8, 4) is 0 Å². The molecule has 0 radical (unpaired) electrons. The van der Waals surface area contributed by atoms with Gasteiger partial charge in [-0.15, -0.1) is 0 Å². The molecule has 82 valence electrons. The van der Waals surface area contributed by atoms with Gasteiger partial charge in [-0.2, -0.15) is 0 Å². The van der Waals surface area contributed by atoms with Crippen LogP contribution in [0.15, 0.2) is 59.9 Å². The lowest BCUT2D eigenvalue weighted by Crippen LogP contribution is -2.58. The summed E-state index contributed by atoms with van der Waals surface area (Å²) in [6, 6.07) is 0. The molecule has 0 fully saturated rings. The van der Waals surface area contributed by atoms with Gasteiger partial charge >= 0.3 is 0 Å². The molecule has 1 heteroatoms. The fourth-order valence-corrected chi connectivity index (χ4v) is 3.39. The Morgan fingerprint density at radius 1 is 1.25 bits per heavy atom. The molecule has 0 aromatic rings. The first-order chi connectivity index (χ1) is 7.65. The number of hydrogen-bond donors (Lipinski definition) is 0. The van der Waals surface area contributed by atoms with Crippen molar-refractivity contribution in [3.05, 3.63) is 59.9 Å². The molecule has 2 atom stereocenters. The minimum absolute atomic E-state index is 0.0898. The topological polar surface area (TPSA) is 3.24 Å². The smallest absolute Gasteiger partial charge is 0.104 e. The van der Waals surface area contributed by atoms with Crippen LogP contribution in [0.3, 0.4) is 0 Å². The Bertz CT molecular complexity index is 490. The molecular formula is C15H17N. The van der Waals surface area contributed by atoms with Crippen molar-refractivity contribution in [1.29, 1.82) is 0 Å². The highest BCUT2D eigenvalue weighted by atomic mass is 15.2. The molecule has 0 N–H and O–H groups in total. The lowest BCUT2D eigenvalue weighted by atomic mass is 9.67. The van der Waals surface area contributed by atoms with Crippen LogP contribution in [0.1, 0.15) is 13.8 Å². The maximum absolute atomic E-state index is 2.34. The standard InChI is InChI=1S/C15H17N/c1-4-5-6-12-7-9-14(2)10-8-13-11-16(3)15(12,13)14/h4-11H,1-3H3/b5-4+,12-6-. The minimum atomic E-state index is 0.0898. The van der Waals surface area contributed by atoms with Gasteiger partial charge < -0.3 is 4.90 Å². The highest BCUT2D eigenvalue weighted by molar-refractivity contribution is 5.66. The third kappa shape index (κ3) is 0.799. The Hall–Kier alpha value is -1.50. The number of hydrogen-bond acceptors (Lipinski definition) is 1. The van der Waals surface area contributed by atoms with E-state index in [1.54, 1.807) is 0 Å². The molecule has 0 saturated heterocycles. The average Bonchev–Trinajstić information content (AvgIpc) is 2.68. The second-order valence-corrected chi connectivity index (χ2v) is 5.00. The number of likely N-dealkylation sites (N-methyl/N-ethyl adjacent to an activating group) is 1. The van der Waals surface area contributed by atoms with Crippen LogP contribution in [0, 0.1) is 5.41 Å². The van der Waals surface area contributed by atoms with Crippen LogP contribution in [-0.4, -0.2) is 17.5 Å². The molecule has 0 saturated carbocycles. The molecule has 0 amide bonds. The molecule has 2 unspecified atom stereocenters. The second kappa shape index (κ2) is 2.79. The van der Waals surface area contributed by atoms with Crippen molar-refractivity contribution in [2.24, 2.45) is 5.41 Å². The first kappa shape index (κ1) is 9.71. The number of nitrogens with zero attached hydrogens (tertiary/aromatic N) is 1. The van der Waals surface area contributed by atoms with Gasteiger partial charge in [-0.1, -0.05) is 42.5 Å². The Morgan fingerprint density at radius 3 is 2.69 bits per heavy atom. The molecule has 1 spiro atoms. The van der Waals surface area contributed by atoms with Crippen LogP contribution in [0.25, 0.3) is 0 Å². The van der Waals surface area contributed by atoms with E-state index >= 15 is 0 Å². The van der Waals surface area contributed by atoms with E-state index in [4.69, 9.17) is 0 Å². The molecule has 0 aromatic heterocycles. The normalized spacial score (nSPS) is 41.6. The van der Waals surface area contributed by atoms with E-state index in [1.165, 1.54) is 11.1 Å². The predicted octanol–water partition coefficient (Wildman–Crippen LogP) is 3.20. The zero-order valence-corrected chi connectivity index (χ0v) is 10.1. The van der Waals surface area contributed by atoms with Crippen molar-refractivity contribution < 1.29 is 0 Å². The zero-order valence-electron chi connectivity index (χ0n) is 10.1. The van der Waals surface area contributed by atoms with E-state index in [1.807, 2.05) is 0 Å². The van der Waals surface area contributed by atoms with Gasteiger partial charge in [0.2, 0.25) is 0 Å². The van der Waals surface area contributed by atoms with Gasteiger partial charge in [-0.05, 0) is 25.0 Å². The summed E-state index contributed by atoms with van der Waals surface area (Å²) in [6.45, 7) is 4.37. The summed E-state index contributed by atoms with van der Waals surface area (Å²) in [6.07, 6.45) is 17.9. The number of rotatable bonds is 1. The van der Waals surface area contributed by atoms with Gasteiger partial charge in [-0.25, -0.2) is 0 Å². The lowest BCUT2D eigenvalue weighted by molar-refractivity contribution is 0.151. The van der Waals surface area contributed by atoms with E-state index in [-0.39, 0.29) is 11.0 Å². The van der Waals surface area contributed by atoms with Crippen LogP contribution < -0.4 is 0 Å². The molecule has 3 aliphatic rings.